The lowest BCUT2D eigenvalue weighted by atomic mass is 9.97. The van der Waals surface area contributed by atoms with Gasteiger partial charge in [-0.15, -0.1) is 0 Å². The average molecular weight is 215 g/mol. The summed E-state index contributed by atoms with van der Waals surface area (Å²) >= 11 is 0. The Labute approximate surface area is 93.1 Å². The molecule has 2 aromatic rings. The van der Waals surface area contributed by atoms with Gasteiger partial charge >= 0.3 is 5.97 Å². The number of H-pyrrole nitrogens is 1. The van der Waals surface area contributed by atoms with E-state index in [2.05, 4.69) is 11.1 Å². The second kappa shape index (κ2) is 3.11. The van der Waals surface area contributed by atoms with Crippen LogP contribution < -0.4 is 0 Å². The van der Waals surface area contributed by atoms with Gasteiger partial charge in [-0.2, -0.15) is 0 Å². The van der Waals surface area contributed by atoms with Gasteiger partial charge in [-0.1, -0.05) is 25.1 Å². The van der Waals surface area contributed by atoms with E-state index in [0.717, 1.165) is 11.2 Å². The Morgan fingerprint density at radius 2 is 2.19 bits per heavy atom. The SMILES string of the molecule is C[C@H]1c2[nH]c3ccccc3c2C[C@@H]1C(=O)O. The second-order valence-electron chi connectivity index (χ2n) is 4.50. The number of carboxylic acids is 1. The van der Waals surface area contributed by atoms with Crippen LogP contribution in [0.4, 0.5) is 0 Å². The van der Waals surface area contributed by atoms with Crippen molar-refractivity contribution in [2.75, 3.05) is 0 Å². The highest BCUT2D eigenvalue weighted by Gasteiger charge is 2.36. The second-order valence-corrected chi connectivity index (χ2v) is 4.50. The molecule has 1 aliphatic carbocycles. The standard InChI is InChI=1S/C13H13NO2/c1-7-9(13(15)16)6-10-8-4-2-3-5-11(8)14-12(7)10/h2-5,7,9,14H,6H2,1H3,(H,15,16)/t7-,9+/m1/s1. The third-order valence-electron chi connectivity index (χ3n) is 3.65. The lowest BCUT2D eigenvalue weighted by molar-refractivity contribution is -0.142. The molecule has 0 spiro atoms. The smallest absolute Gasteiger partial charge is 0.307 e. The Morgan fingerprint density at radius 3 is 2.94 bits per heavy atom. The normalized spacial score (nSPS) is 23.6. The van der Waals surface area contributed by atoms with E-state index < -0.39 is 5.97 Å². The van der Waals surface area contributed by atoms with Crippen molar-refractivity contribution in [2.24, 2.45) is 5.92 Å². The van der Waals surface area contributed by atoms with Crippen molar-refractivity contribution in [1.82, 2.24) is 4.98 Å². The van der Waals surface area contributed by atoms with E-state index in [0.29, 0.717) is 6.42 Å². The van der Waals surface area contributed by atoms with Gasteiger partial charge in [0.25, 0.3) is 0 Å². The summed E-state index contributed by atoms with van der Waals surface area (Å²) in [4.78, 5) is 14.4. The minimum Gasteiger partial charge on any atom is -0.481 e. The maximum Gasteiger partial charge on any atom is 0.307 e. The molecule has 0 amide bonds. The Morgan fingerprint density at radius 1 is 1.44 bits per heavy atom. The van der Waals surface area contributed by atoms with Crippen LogP contribution in [0, 0.1) is 5.92 Å². The van der Waals surface area contributed by atoms with Gasteiger partial charge in [0, 0.05) is 22.5 Å². The van der Waals surface area contributed by atoms with Gasteiger partial charge in [0.15, 0.2) is 0 Å². The quantitative estimate of drug-likeness (QED) is 0.768. The molecular weight excluding hydrogens is 202 g/mol. The summed E-state index contributed by atoms with van der Waals surface area (Å²) in [5.41, 5.74) is 3.41. The zero-order valence-corrected chi connectivity index (χ0v) is 9.03. The predicted molar refractivity (Wildman–Crippen MR) is 61.5 cm³/mol. The minimum absolute atomic E-state index is 0.0832. The topological polar surface area (TPSA) is 53.1 Å². The molecule has 0 aliphatic heterocycles. The van der Waals surface area contributed by atoms with Crippen LogP contribution in [-0.4, -0.2) is 16.1 Å². The van der Waals surface area contributed by atoms with Crippen molar-refractivity contribution >= 4 is 16.9 Å². The lowest BCUT2D eigenvalue weighted by Crippen LogP contribution is -2.17. The van der Waals surface area contributed by atoms with Gasteiger partial charge in [0.2, 0.25) is 0 Å². The number of para-hydroxylation sites is 1. The summed E-state index contributed by atoms with van der Waals surface area (Å²) in [7, 11) is 0. The highest BCUT2D eigenvalue weighted by molar-refractivity contribution is 5.87. The molecule has 1 aliphatic rings. The van der Waals surface area contributed by atoms with Crippen molar-refractivity contribution in [3.05, 3.63) is 35.5 Å². The zero-order chi connectivity index (χ0) is 11.3. The molecule has 0 saturated carbocycles. The number of aromatic amines is 1. The van der Waals surface area contributed by atoms with E-state index in [-0.39, 0.29) is 11.8 Å². The molecule has 2 N–H and O–H groups in total. The van der Waals surface area contributed by atoms with Crippen molar-refractivity contribution in [3.8, 4) is 0 Å². The van der Waals surface area contributed by atoms with Gasteiger partial charge in [-0.25, -0.2) is 0 Å². The first-order valence-electron chi connectivity index (χ1n) is 5.50. The Bertz CT molecular complexity index is 570. The van der Waals surface area contributed by atoms with Crippen LogP contribution in [0.2, 0.25) is 0 Å². The fraction of sp³-hybridized carbons (Fsp3) is 0.308. The van der Waals surface area contributed by atoms with Crippen molar-refractivity contribution < 1.29 is 9.90 Å². The molecule has 3 rings (SSSR count). The van der Waals surface area contributed by atoms with Crippen LogP contribution in [0.1, 0.15) is 24.1 Å². The van der Waals surface area contributed by atoms with Gasteiger partial charge in [-0.05, 0) is 18.1 Å². The largest absolute Gasteiger partial charge is 0.481 e. The summed E-state index contributed by atoms with van der Waals surface area (Å²) in [5, 5.41) is 10.3. The average Bonchev–Trinajstić information content (AvgIpc) is 2.76. The number of hydrogen-bond acceptors (Lipinski definition) is 1. The van der Waals surface area contributed by atoms with Gasteiger partial charge in [0.05, 0.1) is 5.92 Å². The summed E-state index contributed by atoms with van der Waals surface area (Å²) in [5.74, 6) is -0.882. The molecule has 0 fully saturated rings. The van der Waals surface area contributed by atoms with Crippen molar-refractivity contribution in [2.45, 2.75) is 19.3 Å². The Hall–Kier alpha value is -1.77. The van der Waals surface area contributed by atoms with Crippen LogP contribution >= 0.6 is 0 Å². The molecule has 16 heavy (non-hydrogen) atoms. The molecule has 0 bridgehead atoms. The molecule has 2 atom stereocenters. The summed E-state index contributed by atoms with van der Waals surface area (Å²) in [6.45, 7) is 1.99. The van der Waals surface area contributed by atoms with Crippen LogP contribution in [0.5, 0.6) is 0 Å². The summed E-state index contributed by atoms with van der Waals surface area (Å²) in [6.07, 6.45) is 0.649. The first kappa shape index (κ1) is 9.46. The molecule has 3 heteroatoms. The monoisotopic (exact) mass is 215 g/mol. The van der Waals surface area contributed by atoms with Crippen LogP contribution in [0.3, 0.4) is 0 Å². The molecule has 1 heterocycles. The zero-order valence-electron chi connectivity index (χ0n) is 9.03. The molecule has 0 unspecified atom stereocenters. The molecule has 1 aromatic carbocycles. The molecule has 3 nitrogen and oxygen atoms in total. The van der Waals surface area contributed by atoms with E-state index >= 15 is 0 Å². The highest BCUT2D eigenvalue weighted by Crippen LogP contribution is 2.41. The fourth-order valence-electron chi connectivity index (χ4n) is 2.73. The van der Waals surface area contributed by atoms with E-state index in [4.69, 9.17) is 5.11 Å². The number of nitrogens with one attached hydrogen (secondary N) is 1. The molecule has 82 valence electrons. The third kappa shape index (κ3) is 1.11. The maximum absolute atomic E-state index is 11.1. The number of rotatable bonds is 1. The predicted octanol–water partition coefficient (Wildman–Crippen LogP) is 2.53. The van der Waals surface area contributed by atoms with Crippen molar-refractivity contribution in [1.29, 1.82) is 0 Å². The van der Waals surface area contributed by atoms with Gasteiger partial charge in [-0.3, -0.25) is 4.79 Å². The van der Waals surface area contributed by atoms with Crippen LogP contribution in [0.25, 0.3) is 10.9 Å². The van der Waals surface area contributed by atoms with E-state index in [1.807, 2.05) is 25.1 Å². The first-order valence-corrected chi connectivity index (χ1v) is 5.50. The highest BCUT2D eigenvalue weighted by atomic mass is 16.4. The molecule has 0 saturated heterocycles. The van der Waals surface area contributed by atoms with Crippen LogP contribution in [-0.2, 0) is 11.2 Å². The lowest BCUT2D eigenvalue weighted by Gasteiger charge is -2.10. The summed E-state index contributed by atoms with van der Waals surface area (Å²) < 4.78 is 0. The number of carboxylic acid groups (broad SMARTS) is 1. The number of carbonyl (C=O) groups is 1. The third-order valence-corrected chi connectivity index (χ3v) is 3.65. The first-order chi connectivity index (χ1) is 7.68. The van der Waals surface area contributed by atoms with E-state index in [1.54, 1.807) is 0 Å². The Balaban J connectivity index is 2.18. The number of fused-ring (bicyclic) bond motifs is 3. The van der Waals surface area contributed by atoms with Gasteiger partial charge < -0.3 is 10.1 Å². The number of aliphatic carboxylic acids is 1. The summed E-state index contributed by atoms with van der Waals surface area (Å²) in [6, 6.07) is 8.08. The molecule has 1 aromatic heterocycles. The number of hydrogen-bond donors (Lipinski definition) is 2. The minimum atomic E-state index is -0.693. The molecular formula is C13H13NO2. The number of aromatic nitrogens is 1. The molecule has 0 radical (unpaired) electrons. The van der Waals surface area contributed by atoms with Gasteiger partial charge in [0.1, 0.15) is 0 Å². The van der Waals surface area contributed by atoms with E-state index in [9.17, 15) is 4.79 Å². The Kier molecular flexibility index (Phi) is 1.84. The fourth-order valence-corrected chi connectivity index (χ4v) is 2.73. The van der Waals surface area contributed by atoms with Crippen LogP contribution in [0.15, 0.2) is 24.3 Å². The van der Waals surface area contributed by atoms with Crippen molar-refractivity contribution in [3.63, 3.8) is 0 Å². The maximum atomic E-state index is 11.1. The van der Waals surface area contributed by atoms with E-state index in [1.165, 1.54) is 10.9 Å². The number of benzene rings is 1.